The molecule has 1 fully saturated rings. The lowest BCUT2D eigenvalue weighted by Crippen LogP contribution is -2.49. The van der Waals surface area contributed by atoms with Crippen LogP contribution in [0.15, 0.2) is 0 Å². The zero-order valence-electron chi connectivity index (χ0n) is 10.7. The summed E-state index contributed by atoms with van der Waals surface area (Å²) in [5.41, 5.74) is 5.51. The van der Waals surface area contributed by atoms with Crippen molar-refractivity contribution in [2.24, 2.45) is 11.7 Å². The number of halogens is 4. The molecule has 1 rings (SSSR count). The summed E-state index contributed by atoms with van der Waals surface area (Å²) >= 11 is 0. The van der Waals surface area contributed by atoms with Crippen LogP contribution in [0.4, 0.5) is 13.2 Å². The van der Waals surface area contributed by atoms with Crippen LogP contribution in [0.5, 0.6) is 0 Å². The molecule has 0 spiro atoms. The van der Waals surface area contributed by atoms with E-state index in [2.05, 4.69) is 5.32 Å². The third-order valence-electron chi connectivity index (χ3n) is 3.17. The highest BCUT2D eigenvalue weighted by molar-refractivity contribution is 5.85. The van der Waals surface area contributed by atoms with Gasteiger partial charge in [-0.25, -0.2) is 0 Å². The summed E-state index contributed by atoms with van der Waals surface area (Å²) in [4.78, 5) is 11.6. The lowest BCUT2D eigenvalue weighted by Gasteiger charge is -2.31. The second-order valence-electron chi connectivity index (χ2n) is 4.67. The van der Waals surface area contributed by atoms with E-state index in [1.807, 2.05) is 0 Å². The van der Waals surface area contributed by atoms with Crippen LogP contribution in [0, 0.1) is 5.92 Å². The first-order valence-electron chi connectivity index (χ1n) is 5.96. The van der Waals surface area contributed by atoms with Gasteiger partial charge in [-0.15, -0.1) is 12.4 Å². The molecule has 3 unspecified atom stereocenters. The Morgan fingerprint density at radius 3 is 2.63 bits per heavy atom. The highest BCUT2D eigenvalue weighted by Gasteiger charge is 2.42. The van der Waals surface area contributed by atoms with Crippen LogP contribution in [-0.4, -0.2) is 37.9 Å². The molecule has 0 aliphatic heterocycles. The zero-order valence-corrected chi connectivity index (χ0v) is 11.5. The van der Waals surface area contributed by atoms with E-state index in [4.69, 9.17) is 10.5 Å². The average molecular weight is 305 g/mol. The lowest BCUT2D eigenvalue weighted by molar-refractivity contribution is -0.184. The lowest BCUT2D eigenvalue weighted by atomic mass is 9.85. The van der Waals surface area contributed by atoms with E-state index in [1.165, 1.54) is 7.11 Å². The zero-order chi connectivity index (χ0) is 13.8. The maximum absolute atomic E-state index is 12.6. The number of hydrogen-bond donors (Lipinski definition) is 2. The standard InChI is InChI=1S/C11H19F3N2O2.ClH/c1-18-6-9(15)10(17)16-8-4-2-3-7(5-8)11(12,13)14;/h7-9H,2-6,15H2,1H3,(H,16,17);1H. The monoisotopic (exact) mass is 304 g/mol. The fourth-order valence-corrected chi connectivity index (χ4v) is 2.18. The summed E-state index contributed by atoms with van der Waals surface area (Å²) in [5, 5.41) is 2.56. The Bertz CT molecular complexity index is 290. The molecule has 114 valence electrons. The third-order valence-corrected chi connectivity index (χ3v) is 3.17. The summed E-state index contributed by atoms with van der Waals surface area (Å²) in [6.45, 7) is 0.0568. The Balaban J connectivity index is 0.00000324. The summed E-state index contributed by atoms with van der Waals surface area (Å²) < 4.78 is 42.4. The van der Waals surface area contributed by atoms with Crippen molar-refractivity contribution in [3.05, 3.63) is 0 Å². The summed E-state index contributed by atoms with van der Waals surface area (Å²) in [6, 6.07) is -1.28. The van der Waals surface area contributed by atoms with Crippen molar-refractivity contribution < 1.29 is 22.7 Å². The van der Waals surface area contributed by atoms with Crippen LogP contribution in [0.25, 0.3) is 0 Å². The molecule has 1 aliphatic carbocycles. The first kappa shape index (κ1) is 18.5. The highest BCUT2D eigenvalue weighted by Crippen LogP contribution is 2.37. The molecular weight excluding hydrogens is 285 g/mol. The first-order chi connectivity index (χ1) is 8.34. The van der Waals surface area contributed by atoms with Gasteiger partial charge in [0.05, 0.1) is 12.5 Å². The van der Waals surface area contributed by atoms with Crippen LogP contribution in [0.1, 0.15) is 25.7 Å². The smallest absolute Gasteiger partial charge is 0.383 e. The highest BCUT2D eigenvalue weighted by atomic mass is 35.5. The molecule has 1 amide bonds. The molecule has 0 bridgehead atoms. The van der Waals surface area contributed by atoms with Gasteiger partial charge in [-0.1, -0.05) is 6.42 Å². The van der Waals surface area contributed by atoms with Gasteiger partial charge in [-0.05, 0) is 19.3 Å². The topological polar surface area (TPSA) is 64.3 Å². The van der Waals surface area contributed by atoms with Crippen molar-refractivity contribution >= 4 is 18.3 Å². The minimum absolute atomic E-state index is 0. The molecule has 19 heavy (non-hydrogen) atoms. The average Bonchev–Trinajstić information content (AvgIpc) is 2.28. The molecule has 4 nitrogen and oxygen atoms in total. The van der Waals surface area contributed by atoms with Crippen LogP contribution >= 0.6 is 12.4 Å². The predicted octanol–water partition coefficient (Wildman–Crippen LogP) is 1.62. The Labute approximate surface area is 116 Å². The van der Waals surface area contributed by atoms with Gasteiger partial charge in [0.15, 0.2) is 0 Å². The van der Waals surface area contributed by atoms with E-state index in [-0.39, 0.29) is 31.9 Å². The van der Waals surface area contributed by atoms with E-state index < -0.39 is 30.1 Å². The van der Waals surface area contributed by atoms with Gasteiger partial charge in [-0.2, -0.15) is 13.2 Å². The molecule has 1 saturated carbocycles. The van der Waals surface area contributed by atoms with Gasteiger partial charge in [0.25, 0.3) is 0 Å². The maximum Gasteiger partial charge on any atom is 0.391 e. The summed E-state index contributed by atoms with van der Waals surface area (Å²) in [7, 11) is 1.41. The van der Waals surface area contributed by atoms with Gasteiger partial charge in [-0.3, -0.25) is 4.79 Å². The molecule has 8 heteroatoms. The second-order valence-corrected chi connectivity index (χ2v) is 4.67. The molecule has 0 aromatic rings. The van der Waals surface area contributed by atoms with Gasteiger partial charge >= 0.3 is 6.18 Å². The number of carbonyl (C=O) groups is 1. The van der Waals surface area contributed by atoms with Crippen molar-refractivity contribution in [3.8, 4) is 0 Å². The van der Waals surface area contributed by atoms with E-state index in [1.54, 1.807) is 0 Å². The summed E-state index contributed by atoms with van der Waals surface area (Å²) in [5.74, 6) is -1.78. The van der Waals surface area contributed by atoms with Crippen LogP contribution in [-0.2, 0) is 9.53 Å². The number of rotatable bonds is 4. The first-order valence-corrected chi connectivity index (χ1v) is 5.96. The molecule has 0 aromatic carbocycles. The third kappa shape index (κ3) is 5.97. The minimum Gasteiger partial charge on any atom is -0.383 e. The maximum atomic E-state index is 12.6. The Kier molecular flexibility index (Phi) is 7.69. The number of ether oxygens (including phenoxy) is 1. The molecule has 0 saturated heterocycles. The van der Waals surface area contributed by atoms with Crippen LogP contribution in [0.3, 0.4) is 0 Å². The number of carbonyl (C=O) groups excluding carboxylic acids is 1. The fourth-order valence-electron chi connectivity index (χ4n) is 2.18. The second kappa shape index (κ2) is 7.91. The quantitative estimate of drug-likeness (QED) is 0.829. The number of nitrogens with one attached hydrogen (secondary N) is 1. The van der Waals surface area contributed by atoms with Crippen LogP contribution < -0.4 is 11.1 Å². The Morgan fingerprint density at radius 1 is 1.47 bits per heavy atom. The van der Waals surface area contributed by atoms with Crippen molar-refractivity contribution in [3.63, 3.8) is 0 Å². The Morgan fingerprint density at radius 2 is 2.11 bits per heavy atom. The minimum atomic E-state index is -4.18. The largest absolute Gasteiger partial charge is 0.391 e. The number of hydrogen-bond acceptors (Lipinski definition) is 3. The van der Waals surface area contributed by atoms with Gasteiger partial charge in [0.2, 0.25) is 5.91 Å². The van der Waals surface area contributed by atoms with Gasteiger partial charge < -0.3 is 15.8 Å². The van der Waals surface area contributed by atoms with Crippen molar-refractivity contribution in [2.45, 2.75) is 43.9 Å². The van der Waals surface area contributed by atoms with E-state index >= 15 is 0 Å². The van der Waals surface area contributed by atoms with Gasteiger partial charge in [0.1, 0.15) is 6.04 Å². The van der Waals surface area contributed by atoms with Gasteiger partial charge in [0, 0.05) is 13.2 Å². The SMILES string of the molecule is COCC(N)C(=O)NC1CCCC(C(F)(F)F)C1.Cl. The molecule has 0 radical (unpaired) electrons. The van der Waals surface area contributed by atoms with E-state index in [0.29, 0.717) is 12.8 Å². The molecule has 0 aromatic heterocycles. The number of nitrogens with two attached hydrogens (primary N) is 1. The van der Waals surface area contributed by atoms with E-state index in [9.17, 15) is 18.0 Å². The number of amides is 1. The van der Waals surface area contributed by atoms with E-state index in [0.717, 1.165) is 0 Å². The van der Waals surface area contributed by atoms with Crippen molar-refractivity contribution in [1.82, 2.24) is 5.32 Å². The van der Waals surface area contributed by atoms with Crippen molar-refractivity contribution in [1.29, 1.82) is 0 Å². The normalized spacial score (nSPS) is 25.3. The van der Waals surface area contributed by atoms with Crippen molar-refractivity contribution in [2.75, 3.05) is 13.7 Å². The predicted molar refractivity (Wildman–Crippen MR) is 67.0 cm³/mol. The molecule has 3 N–H and O–H groups in total. The fraction of sp³-hybridized carbons (Fsp3) is 0.909. The number of alkyl halides is 3. The van der Waals surface area contributed by atoms with Crippen LogP contribution in [0.2, 0.25) is 0 Å². The molecule has 0 heterocycles. The number of methoxy groups -OCH3 is 1. The Hall–Kier alpha value is -0.530. The summed E-state index contributed by atoms with van der Waals surface area (Å²) in [6.07, 6.45) is -3.07. The molecule has 1 aliphatic rings. The molecule has 3 atom stereocenters. The molecular formula is C11H20ClF3N2O2.